The summed E-state index contributed by atoms with van der Waals surface area (Å²) in [6, 6.07) is 35.6. The topological polar surface area (TPSA) is 148 Å². The molecule has 8 bridgehead atoms. The van der Waals surface area contributed by atoms with Crippen molar-refractivity contribution in [2.45, 2.75) is 62.3 Å². The van der Waals surface area contributed by atoms with Gasteiger partial charge in [-0.1, -0.05) is 117 Å². The number of rotatable bonds is 6. The van der Waals surface area contributed by atoms with E-state index in [4.69, 9.17) is 4.98 Å². The number of anilines is 3. The summed E-state index contributed by atoms with van der Waals surface area (Å²) >= 11 is 0. The molecular weight excluding hydrogens is 771 g/mol. The maximum atomic E-state index is 13.6. The van der Waals surface area contributed by atoms with Crippen LogP contribution in [0.3, 0.4) is 0 Å². The number of hydrogen-bond donors (Lipinski definition) is 6. The van der Waals surface area contributed by atoms with Crippen molar-refractivity contribution < 1.29 is 14.4 Å². The van der Waals surface area contributed by atoms with Gasteiger partial charge in [-0.3, -0.25) is 14.4 Å². The van der Waals surface area contributed by atoms with E-state index in [1.165, 1.54) is 0 Å². The maximum Gasteiger partial charge on any atom is 0.229 e. The fraction of sp³-hybridized carbons (Fsp3) is 0.231. The molecule has 3 amide bonds. The molecule has 1 aliphatic heterocycles. The molecule has 3 aromatic carbocycles. The molecule has 0 aliphatic carbocycles. The summed E-state index contributed by atoms with van der Waals surface area (Å²) in [5.41, 5.74) is 11.2. The number of fused-ring (bicyclic) bond motifs is 9. The molecule has 314 valence electrons. The average molecular weight is 824 g/mol. The van der Waals surface area contributed by atoms with Gasteiger partial charge in [-0.25, -0.2) is 4.98 Å². The highest BCUT2D eigenvalue weighted by Gasteiger charge is 2.26. The Hall–Kier alpha value is -7.20. The Kier molecular flexibility index (Phi) is 10.5. The van der Waals surface area contributed by atoms with Gasteiger partial charge in [0.2, 0.25) is 17.7 Å². The summed E-state index contributed by atoms with van der Waals surface area (Å²) in [6.07, 6.45) is 3.99. The average Bonchev–Trinajstić information content (AvgIpc) is 4.05. The normalized spacial score (nSPS) is 12.4. The lowest BCUT2D eigenvalue weighted by Crippen LogP contribution is -2.27. The van der Waals surface area contributed by atoms with Crippen molar-refractivity contribution in [1.29, 1.82) is 0 Å². The van der Waals surface area contributed by atoms with E-state index in [1.54, 1.807) is 0 Å². The highest BCUT2D eigenvalue weighted by molar-refractivity contribution is 6.08. The fourth-order valence-corrected chi connectivity index (χ4v) is 7.37. The molecule has 0 atom stereocenters. The van der Waals surface area contributed by atoms with Gasteiger partial charge in [0.25, 0.3) is 0 Å². The number of nitrogens with one attached hydrogen (secondary N) is 6. The van der Waals surface area contributed by atoms with Crippen molar-refractivity contribution in [1.82, 2.24) is 19.9 Å². The van der Waals surface area contributed by atoms with E-state index < -0.39 is 16.2 Å². The van der Waals surface area contributed by atoms with Crippen LogP contribution in [0.2, 0.25) is 0 Å². The largest absolute Gasteiger partial charge is 0.354 e. The number of benzene rings is 3. The lowest BCUT2D eigenvalue weighted by molar-refractivity contribution is -0.123. The maximum absolute atomic E-state index is 13.6. The summed E-state index contributed by atoms with van der Waals surface area (Å²) < 4.78 is 0. The minimum absolute atomic E-state index is 0.103. The van der Waals surface area contributed by atoms with E-state index in [0.29, 0.717) is 22.8 Å². The predicted molar refractivity (Wildman–Crippen MR) is 256 cm³/mol. The highest BCUT2D eigenvalue weighted by Crippen LogP contribution is 2.41. The molecule has 0 saturated heterocycles. The van der Waals surface area contributed by atoms with E-state index in [1.807, 2.05) is 184 Å². The minimum Gasteiger partial charge on any atom is -0.354 e. The molecule has 4 aromatic heterocycles. The van der Waals surface area contributed by atoms with Crippen molar-refractivity contribution in [3.05, 3.63) is 121 Å². The zero-order valence-electron chi connectivity index (χ0n) is 36.7. The van der Waals surface area contributed by atoms with Gasteiger partial charge in [-0.05, 0) is 66.7 Å². The van der Waals surface area contributed by atoms with Gasteiger partial charge >= 0.3 is 0 Å². The third-order valence-corrected chi connectivity index (χ3v) is 11.0. The third kappa shape index (κ3) is 8.16. The Labute approximate surface area is 361 Å². The van der Waals surface area contributed by atoms with Crippen LogP contribution in [-0.2, 0) is 14.4 Å². The first-order valence-corrected chi connectivity index (χ1v) is 20.9. The highest BCUT2D eigenvalue weighted by atomic mass is 16.2. The monoisotopic (exact) mass is 823 g/mol. The summed E-state index contributed by atoms with van der Waals surface area (Å²) in [6.45, 7) is 17.0. The first-order chi connectivity index (χ1) is 29.4. The number of hydrogen-bond acceptors (Lipinski definition) is 4. The molecule has 7 aromatic rings. The number of amides is 3. The number of H-pyrrole nitrogens is 3. The molecule has 0 saturated carbocycles. The quantitative estimate of drug-likeness (QED) is 0.0990. The van der Waals surface area contributed by atoms with Crippen LogP contribution in [-0.4, -0.2) is 37.7 Å². The first-order valence-electron chi connectivity index (χ1n) is 20.9. The van der Waals surface area contributed by atoms with Crippen molar-refractivity contribution in [2.24, 2.45) is 16.2 Å². The van der Waals surface area contributed by atoms with Crippen molar-refractivity contribution in [3.63, 3.8) is 0 Å². The Morgan fingerprint density at radius 3 is 1.05 bits per heavy atom. The molecule has 0 spiro atoms. The lowest BCUT2D eigenvalue weighted by atomic mass is 9.94. The molecule has 62 heavy (non-hydrogen) atoms. The molecule has 5 heterocycles. The first kappa shape index (κ1) is 41.5. The number of para-hydroxylation sites is 3. The summed E-state index contributed by atoms with van der Waals surface area (Å²) in [7, 11) is 0. The van der Waals surface area contributed by atoms with Gasteiger partial charge < -0.3 is 30.9 Å². The second-order valence-electron chi connectivity index (χ2n) is 18.9. The smallest absolute Gasteiger partial charge is 0.229 e. The standard InChI is InChI=1S/C52H53N7O3/c1-50(2,3)47(60)57-33-19-13-10-16-30(33)44-38-24-22-36(53-38)37-23-25-39(54-37)45(31-17-11-14-20-34(31)58-48(61)51(4,5)6)41-27-29-43(56-41)46(42-28-26-40(44)55-42)32-18-12-15-21-35(32)59-49(62)52(7,8)9/h10-29,53,55-56H,1-9H3,(H,57,60)(H,58,61)(H,59,62). The molecule has 10 nitrogen and oxygen atoms in total. The van der Waals surface area contributed by atoms with Crippen LogP contribution >= 0.6 is 0 Å². The Balaban J connectivity index is 1.50. The number of aromatic nitrogens is 4. The fourth-order valence-electron chi connectivity index (χ4n) is 7.37. The number of aromatic amines is 3. The summed E-state index contributed by atoms with van der Waals surface area (Å²) in [5, 5.41) is 9.61. The van der Waals surface area contributed by atoms with Crippen molar-refractivity contribution in [3.8, 4) is 33.4 Å². The molecule has 0 fully saturated rings. The predicted octanol–water partition coefficient (Wildman–Crippen LogP) is 12.7. The Bertz CT molecular complexity index is 3070. The van der Waals surface area contributed by atoms with Gasteiger partial charge in [0.15, 0.2) is 0 Å². The Morgan fingerprint density at radius 2 is 0.677 bits per heavy atom. The SMILES string of the molecule is CC(C)(C)C(=O)Nc1ccccc1-c1c2nc(c3ccc([nH]3)c(-c3ccccc3NC(=O)C(C)(C)C)c3ccc([nH]3)c(-c3ccccc3NC(=O)C(C)(C)C)c3ccc1[nH]3)C=C2. The molecule has 10 heteroatoms. The lowest BCUT2D eigenvalue weighted by Gasteiger charge is -2.20. The number of carbonyl (C=O) groups excluding carboxylic acids is 3. The molecule has 0 unspecified atom stereocenters. The van der Waals surface area contributed by atoms with Crippen LogP contribution in [0.25, 0.3) is 78.6 Å². The van der Waals surface area contributed by atoms with Gasteiger partial charge in [0.1, 0.15) is 0 Å². The van der Waals surface area contributed by atoms with Crippen LogP contribution in [0.15, 0.2) is 109 Å². The van der Waals surface area contributed by atoms with Crippen LogP contribution in [0.5, 0.6) is 0 Å². The van der Waals surface area contributed by atoms with Crippen LogP contribution in [0, 0.1) is 16.2 Å². The molecular formula is C52H53N7O3. The van der Waals surface area contributed by atoms with E-state index in [-0.39, 0.29) is 17.7 Å². The zero-order valence-corrected chi connectivity index (χ0v) is 36.7. The van der Waals surface area contributed by atoms with E-state index in [0.717, 1.165) is 72.2 Å². The third-order valence-electron chi connectivity index (χ3n) is 11.0. The minimum atomic E-state index is -0.641. The van der Waals surface area contributed by atoms with Gasteiger partial charge in [0.05, 0.1) is 16.9 Å². The molecule has 1 aliphatic rings. The van der Waals surface area contributed by atoms with E-state index in [9.17, 15) is 14.4 Å². The molecule has 8 rings (SSSR count). The van der Waals surface area contributed by atoms with Crippen LogP contribution in [0.1, 0.15) is 73.7 Å². The number of carbonyl (C=O) groups is 3. The summed E-state index contributed by atoms with van der Waals surface area (Å²) in [4.78, 5) is 57.0. The number of nitrogens with zero attached hydrogens (tertiary/aromatic N) is 1. The van der Waals surface area contributed by atoms with Gasteiger partial charge in [-0.2, -0.15) is 0 Å². The molecule has 0 radical (unpaired) electrons. The van der Waals surface area contributed by atoms with E-state index >= 15 is 0 Å². The Morgan fingerprint density at radius 1 is 0.387 bits per heavy atom. The van der Waals surface area contributed by atoms with Crippen LogP contribution in [0.4, 0.5) is 17.1 Å². The zero-order chi connectivity index (χ0) is 44.1. The second kappa shape index (κ2) is 15.7. The van der Waals surface area contributed by atoms with Crippen molar-refractivity contribution >= 4 is 80.0 Å². The van der Waals surface area contributed by atoms with Gasteiger partial charge in [-0.15, -0.1) is 0 Å². The van der Waals surface area contributed by atoms with Crippen molar-refractivity contribution in [2.75, 3.05) is 16.0 Å². The van der Waals surface area contributed by atoms with E-state index in [2.05, 4.69) is 30.9 Å². The van der Waals surface area contributed by atoms with Gasteiger partial charge in [0, 0.05) is 94.3 Å². The summed E-state index contributed by atoms with van der Waals surface area (Å²) in [5.74, 6) is -0.324. The molecule has 6 N–H and O–H groups in total. The van der Waals surface area contributed by atoms with Crippen LogP contribution < -0.4 is 16.0 Å². The second-order valence-corrected chi connectivity index (χ2v) is 18.9.